The molecule has 300 valence electrons. The van der Waals surface area contributed by atoms with Crippen molar-refractivity contribution in [3.05, 3.63) is 89.0 Å². The Hall–Kier alpha value is -4.53. The van der Waals surface area contributed by atoms with Crippen LogP contribution in [0.25, 0.3) is 0 Å². The zero-order valence-electron chi connectivity index (χ0n) is 34.4. The van der Waals surface area contributed by atoms with Crippen molar-refractivity contribution in [2.45, 2.75) is 118 Å². The molecule has 3 atom stereocenters. The van der Waals surface area contributed by atoms with Gasteiger partial charge in [0.2, 0.25) is 11.8 Å². The fourth-order valence-corrected chi connectivity index (χ4v) is 7.98. The van der Waals surface area contributed by atoms with E-state index in [4.69, 9.17) is 4.74 Å². The Morgan fingerprint density at radius 2 is 1.11 bits per heavy atom. The van der Waals surface area contributed by atoms with Crippen molar-refractivity contribution in [1.29, 1.82) is 0 Å². The number of piperidine rings is 2. The molecular weight excluding hydrogens is 689 g/mol. The zero-order valence-corrected chi connectivity index (χ0v) is 34.4. The Bertz CT molecular complexity index is 1590. The lowest BCUT2D eigenvalue weighted by molar-refractivity contribution is -0.132. The molecule has 0 spiro atoms. The van der Waals surface area contributed by atoms with Crippen molar-refractivity contribution in [2.24, 2.45) is 11.8 Å². The number of nitrogens with zero attached hydrogens (tertiary/aromatic N) is 2. The second-order valence-electron chi connectivity index (χ2n) is 15.5. The lowest BCUT2D eigenvalue weighted by Gasteiger charge is -2.34. The van der Waals surface area contributed by atoms with Crippen LogP contribution in [0.1, 0.15) is 145 Å². The molecule has 2 heterocycles. The van der Waals surface area contributed by atoms with Gasteiger partial charge in [0.05, 0.1) is 18.7 Å². The fourth-order valence-electron chi connectivity index (χ4n) is 7.98. The van der Waals surface area contributed by atoms with Gasteiger partial charge in [-0.25, -0.2) is 4.79 Å². The number of carbonyl (C=O) groups excluding carboxylic acids is 2. The second kappa shape index (κ2) is 21.5. The number of ether oxygens (including phenoxy) is 1. The number of hydrogen-bond acceptors (Lipinski definition) is 6. The van der Waals surface area contributed by atoms with Gasteiger partial charge < -0.3 is 30.3 Å². The average Bonchev–Trinajstić information content (AvgIpc) is 3.19. The maximum atomic E-state index is 14.8. The van der Waals surface area contributed by atoms with Crippen LogP contribution in [0.3, 0.4) is 0 Å². The van der Waals surface area contributed by atoms with Crippen molar-refractivity contribution in [2.75, 3.05) is 42.6 Å². The number of rotatable bonds is 16. The van der Waals surface area contributed by atoms with E-state index in [1.54, 1.807) is 19.1 Å². The Balaban J connectivity index is 0.00000331. The van der Waals surface area contributed by atoms with E-state index >= 15 is 0 Å². The van der Waals surface area contributed by atoms with Gasteiger partial charge in [-0.2, -0.15) is 0 Å². The van der Waals surface area contributed by atoms with Gasteiger partial charge >= 0.3 is 5.97 Å². The molecule has 0 bridgehead atoms. The summed E-state index contributed by atoms with van der Waals surface area (Å²) in [6, 6.07) is 20.5. The lowest BCUT2D eigenvalue weighted by atomic mass is 9.90. The minimum atomic E-state index is -1.26. The van der Waals surface area contributed by atoms with Crippen molar-refractivity contribution < 1.29 is 24.2 Å². The molecule has 2 aliphatic rings. The van der Waals surface area contributed by atoms with Gasteiger partial charge in [0.15, 0.2) is 0 Å². The summed E-state index contributed by atoms with van der Waals surface area (Å²) in [5, 5.41) is 16.6. The van der Waals surface area contributed by atoms with Crippen molar-refractivity contribution in [3.8, 4) is 5.75 Å². The molecule has 9 heteroatoms. The predicted octanol–water partition coefficient (Wildman–Crippen LogP) is 9.68. The standard InChI is InChI=1S/C44H60N4O5.C2H6/c1-6-53-40-29-32(21-22-35(40)44(51)52)41(42(49)45-36(27-30(2)3)33-17-9-11-19-38(33)47-23-13-7-14-24-47)43(50)46-37(28-31(4)5)34-18-10-12-20-39(34)48-25-15-8-16-26-48;1-2/h9-12,17-22,29-31,36-37,41H,6-8,13-16,23-28H2,1-5H3,(H,45,49)(H,46,50)(H,51,52);1-2H3/t36-,37?,41?;/m0./s1. The van der Waals surface area contributed by atoms with Gasteiger partial charge in [-0.05, 0) is 111 Å². The van der Waals surface area contributed by atoms with Crippen LogP contribution < -0.4 is 25.2 Å². The number of para-hydroxylation sites is 2. The molecule has 9 nitrogen and oxygen atoms in total. The highest BCUT2D eigenvalue weighted by Gasteiger charge is 2.35. The number of anilines is 2. The molecule has 3 aromatic rings. The van der Waals surface area contributed by atoms with E-state index in [2.05, 4.69) is 72.4 Å². The molecule has 0 aromatic heterocycles. The first-order valence-corrected chi connectivity index (χ1v) is 20.9. The van der Waals surface area contributed by atoms with E-state index in [0.717, 1.165) is 74.4 Å². The largest absolute Gasteiger partial charge is 0.493 e. The SMILES string of the molecule is CC.CCOc1cc(C(C(=O)NC(CC(C)C)c2ccccc2N2CCCCC2)C(=O)N[C@@H](CC(C)C)c2ccccc2N2CCCCC2)ccc1C(=O)O. The van der Waals surface area contributed by atoms with Gasteiger partial charge in [0.25, 0.3) is 0 Å². The van der Waals surface area contributed by atoms with Gasteiger partial charge in [0.1, 0.15) is 17.2 Å². The normalized spacial score (nSPS) is 16.1. The first-order chi connectivity index (χ1) is 26.6. The Morgan fingerprint density at radius 3 is 1.51 bits per heavy atom. The summed E-state index contributed by atoms with van der Waals surface area (Å²) in [5.41, 5.74) is 4.69. The maximum Gasteiger partial charge on any atom is 0.339 e. The topological polar surface area (TPSA) is 111 Å². The molecular formula is C46H66N4O5. The number of carboxylic acid groups (broad SMARTS) is 1. The number of nitrogens with one attached hydrogen (secondary N) is 2. The van der Waals surface area contributed by atoms with Crippen molar-refractivity contribution >= 4 is 29.2 Å². The van der Waals surface area contributed by atoms with Crippen LogP contribution in [-0.4, -0.2) is 55.7 Å². The van der Waals surface area contributed by atoms with E-state index in [0.29, 0.717) is 18.4 Å². The molecule has 0 radical (unpaired) electrons. The molecule has 0 aliphatic carbocycles. The number of amides is 2. The molecule has 2 unspecified atom stereocenters. The molecule has 2 aliphatic heterocycles. The predicted molar refractivity (Wildman–Crippen MR) is 224 cm³/mol. The van der Waals surface area contributed by atoms with Gasteiger partial charge in [-0.3, -0.25) is 9.59 Å². The first kappa shape index (κ1) is 43.2. The molecule has 2 fully saturated rings. The Morgan fingerprint density at radius 1 is 0.673 bits per heavy atom. The number of aromatic carboxylic acids is 1. The first-order valence-electron chi connectivity index (χ1n) is 20.9. The highest BCUT2D eigenvalue weighted by molar-refractivity contribution is 6.06. The van der Waals surface area contributed by atoms with Crippen LogP contribution in [0.2, 0.25) is 0 Å². The molecule has 55 heavy (non-hydrogen) atoms. The number of carboxylic acids is 1. The molecule has 3 aromatic carbocycles. The number of hydrogen-bond donors (Lipinski definition) is 3. The lowest BCUT2D eigenvalue weighted by Crippen LogP contribution is -2.43. The third kappa shape index (κ3) is 11.7. The van der Waals surface area contributed by atoms with Crippen LogP contribution in [-0.2, 0) is 9.59 Å². The molecule has 3 N–H and O–H groups in total. The summed E-state index contributed by atoms with van der Waals surface area (Å²) in [5.74, 6) is -2.59. The monoisotopic (exact) mass is 755 g/mol. The van der Waals surface area contributed by atoms with Gasteiger partial charge in [0, 0.05) is 37.6 Å². The third-order valence-corrected chi connectivity index (χ3v) is 10.5. The zero-order chi connectivity index (χ0) is 39.9. The summed E-state index contributed by atoms with van der Waals surface area (Å²) in [4.78, 5) is 46.6. The summed E-state index contributed by atoms with van der Waals surface area (Å²) in [6.07, 6.45) is 8.32. The maximum absolute atomic E-state index is 14.8. The quantitative estimate of drug-likeness (QED) is 0.125. The van der Waals surface area contributed by atoms with E-state index < -0.39 is 23.7 Å². The second-order valence-corrected chi connectivity index (χ2v) is 15.5. The van der Waals surface area contributed by atoms with E-state index in [1.165, 1.54) is 18.9 Å². The molecule has 2 amide bonds. The van der Waals surface area contributed by atoms with Crippen LogP contribution >= 0.6 is 0 Å². The highest BCUT2D eigenvalue weighted by Crippen LogP contribution is 2.36. The highest BCUT2D eigenvalue weighted by atomic mass is 16.5. The fraction of sp³-hybridized carbons (Fsp3) is 0.543. The number of benzene rings is 3. The van der Waals surface area contributed by atoms with Crippen molar-refractivity contribution in [3.63, 3.8) is 0 Å². The van der Waals surface area contributed by atoms with Crippen molar-refractivity contribution in [1.82, 2.24) is 10.6 Å². The molecule has 5 rings (SSSR count). The average molecular weight is 755 g/mol. The van der Waals surface area contributed by atoms with Crippen LogP contribution in [0.4, 0.5) is 11.4 Å². The summed E-state index contributed by atoms with van der Waals surface area (Å²) in [6.45, 7) is 18.5. The van der Waals surface area contributed by atoms with E-state index in [1.807, 2.05) is 38.1 Å². The molecule has 2 saturated heterocycles. The third-order valence-electron chi connectivity index (χ3n) is 10.5. The Labute approximate surface area is 330 Å². The minimum Gasteiger partial charge on any atom is -0.493 e. The Kier molecular flexibility index (Phi) is 16.9. The summed E-state index contributed by atoms with van der Waals surface area (Å²) < 4.78 is 5.77. The van der Waals surface area contributed by atoms with E-state index in [9.17, 15) is 19.5 Å². The minimum absolute atomic E-state index is 0.0172. The smallest absolute Gasteiger partial charge is 0.339 e. The van der Waals surface area contributed by atoms with Crippen LogP contribution in [0, 0.1) is 11.8 Å². The van der Waals surface area contributed by atoms with Crippen LogP contribution in [0.15, 0.2) is 66.7 Å². The molecule has 0 saturated carbocycles. The number of carbonyl (C=O) groups is 3. The van der Waals surface area contributed by atoms with E-state index in [-0.39, 0.29) is 41.8 Å². The summed E-state index contributed by atoms with van der Waals surface area (Å²) >= 11 is 0. The van der Waals surface area contributed by atoms with Crippen LogP contribution in [0.5, 0.6) is 5.75 Å². The van der Waals surface area contributed by atoms with Gasteiger partial charge in [-0.1, -0.05) is 84.0 Å². The summed E-state index contributed by atoms with van der Waals surface area (Å²) in [7, 11) is 0. The van der Waals surface area contributed by atoms with Gasteiger partial charge in [-0.15, -0.1) is 0 Å².